The van der Waals surface area contributed by atoms with E-state index in [0.29, 0.717) is 0 Å². The van der Waals surface area contributed by atoms with Crippen LogP contribution in [0.25, 0.3) is 10.8 Å². The molecule has 0 spiro atoms. The van der Waals surface area contributed by atoms with Crippen molar-refractivity contribution in [3.8, 4) is 0 Å². The van der Waals surface area contributed by atoms with Crippen molar-refractivity contribution in [2.24, 2.45) is 0 Å². The molecule has 2 unspecified atom stereocenters. The van der Waals surface area contributed by atoms with E-state index in [1.54, 1.807) is 0 Å². The molecule has 106 valence electrons. The fourth-order valence-corrected chi connectivity index (χ4v) is 3.08. The van der Waals surface area contributed by atoms with Crippen LogP contribution < -0.4 is 5.32 Å². The lowest BCUT2D eigenvalue weighted by molar-refractivity contribution is 0.128. The van der Waals surface area contributed by atoms with Gasteiger partial charge in [0.25, 0.3) is 0 Å². The maximum atomic E-state index is 10.3. The van der Waals surface area contributed by atoms with Crippen LogP contribution in [-0.4, -0.2) is 22.2 Å². The molecule has 1 aliphatic carbocycles. The van der Waals surface area contributed by atoms with Crippen LogP contribution in [0.15, 0.2) is 36.7 Å². The van der Waals surface area contributed by atoms with Gasteiger partial charge in [0.2, 0.25) is 0 Å². The van der Waals surface area contributed by atoms with Crippen molar-refractivity contribution in [1.29, 1.82) is 0 Å². The summed E-state index contributed by atoms with van der Waals surface area (Å²) in [5.74, 6) is 0. The Labute approximate surface area is 120 Å². The monoisotopic (exact) mass is 270 g/mol. The summed E-state index contributed by atoms with van der Waals surface area (Å²) in [5, 5.41) is 16.2. The molecule has 1 aliphatic rings. The average Bonchev–Trinajstić information content (AvgIpc) is 2.47. The first-order valence-electron chi connectivity index (χ1n) is 7.62. The molecule has 20 heavy (non-hydrogen) atoms. The molecular weight excluding hydrogens is 248 g/mol. The number of rotatable bonds is 2. The minimum Gasteiger partial charge on any atom is -0.391 e. The quantitative estimate of drug-likeness (QED) is 0.874. The van der Waals surface area contributed by atoms with Crippen molar-refractivity contribution in [3.63, 3.8) is 0 Å². The summed E-state index contributed by atoms with van der Waals surface area (Å²) in [4.78, 5) is 4.17. The van der Waals surface area contributed by atoms with Crippen LogP contribution in [0.1, 0.15) is 38.5 Å². The van der Waals surface area contributed by atoms with E-state index in [-0.39, 0.29) is 12.1 Å². The number of aliphatic hydroxyl groups is 1. The third-order valence-electron chi connectivity index (χ3n) is 4.25. The first kappa shape index (κ1) is 13.4. The summed E-state index contributed by atoms with van der Waals surface area (Å²) in [6.07, 6.45) is 10.3. The second kappa shape index (κ2) is 6.23. The Morgan fingerprint density at radius 1 is 1.05 bits per heavy atom. The molecule has 1 heterocycles. The number of anilines is 1. The highest BCUT2D eigenvalue weighted by molar-refractivity contribution is 5.93. The van der Waals surface area contributed by atoms with Crippen LogP contribution in [0.4, 0.5) is 5.69 Å². The van der Waals surface area contributed by atoms with Crippen molar-refractivity contribution in [2.45, 2.75) is 50.7 Å². The molecule has 0 aliphatic heterocycles. The smallest absolute Gasteiger partial charge is 0.0741 e. The summed E-state index contributed by atoms with van der Waals surface area (Å²) in [7, 11) is 0. The van der Waals surface area contributed by atoms with E-state index in [1.165, 1.54) is 24.6 Å². The van der Waals surface area contributed by atoms with Gasteiger partial charge in [-0.15, -0.1) is 0 Å². The van der Waals surface area contributed by atoms with Crippen LogP contribution >= 0.6 is 0 Å². The molecule has 2 N–H and O–H groups in total. The van der Waals surface area contributed by atoms with E-state index < -0.39 is 0 Å². The molecule has 2 atom stereocenters. The van der Waals surface area contributed by atoms with E-state index in [1.807, 2.05) is 24.5 Å². The number of aliphatic hydroxyl groups excluding tert-OH is 1. The number of hydrogen-bond acceptors (Lipinski definition) is 3. The third-order valence-corrected chi connectivity index (χ3v) is 4.25. The summed E-state index contributed by atoms with van der Waals surface area (Å²) < 4.78 is 0. The van der Waals surface area contributed by atoms with E-state index >= 15 is 0 Å². The maximum absolute atomic E-state index is 10.3. The third kappa shape index (κ3) is 2.93. The zero-order valence-corrected chi connectivity index (χ0v) is 11.8. The minimum atomic E-state index is -0.243. The lowest BCUT2D eigenvalue weighted by Crippen LogP contribution is -2.34. The van der Waals surface area contributed by atoms with Crippen LogP contribution in [0.3, 0.4) is 0 Å². The van der Waals surface area contributed by atoms with Crippen LogP contribution in [0.2, 0.25) is 0 Å². The molecular formula is C17H22N2O. The average molecular weight is 270 g/mol. The second-order valence-corrected chi connectivity index (χ2v) is 5.71. The molecule has 0 amide bonds. The Bertz CT molecular complexity index is 564. The first-order chi connectivity index (χ1) is 9.84. The van der Waals surface area contributed by atoms with E-state index in [2.05, 4.69) is 22.4 Å². The van der Waals surface area contributed by atoms with Crippen molar-refractivity contribution in [2.75, 3.05) is 5.32 Å². The van der Waals surface area contributed by atoms with Gasteiger partial charge in [-0.05, 0) is 25.0 Å². The number of nitrogens with one attached hydrogen (secondary N) is 1. The highest BCUT2D eigenvalue weighted by Gasteiger charge is 2.20. The number of hydrogen-bond donors (Lipinski definition) is 2. The zero-order valence-electron chi connectivity index (χ0n) is 11.8. The van der Waals surface area contributed by atoms with Crippen molar-refractivity contribution in [1.82, 2.24) is 4.98 Å². The molecule has 2 aromatic rings. The summed E-state index contributed by atoms with van der Waals surface area (Å²) in [6, 6.07) is 8.40. The molecule has 3 heteroatoms. The Balaban J connectivity index is 1.84. The van der Waals surface area contributed by atoms with Gasteiger partial charge in [0.15, 0.2) is 0 Å². The fourth-order valence-electron chi connectivity index (χ4n) is 3.08. The van der Waals surface area contributed by atoms with Crippen LogP contribution in [-0.2, 0) is 0 Å². The predicted octanol–water partition coefficient (Wildman–Crippen LogP) is 3.73. The van der Waals surface area contributed by atoms with Gasteiger partial charge in [0.05, 0.1) is 12.1 Å². The lowest BCUT2D eigenvalue weighted by atomic mass is 9.94. The summed E-state index contributed by atoms with van der Waals surface area (Å²) in [5.41, 5.74) is 1.11. The first-order valence-corrected chi connectivity index (χ1v) is 7.62. The number of nitrogens with zero attached hydrogens (tertiary/aromatic N) is 1. The standard InChI is InChI=1S/C17H22N2O/c20-17-9-4-2-1-3-7-16(17)19-15-8-5-6-13-12-18-11-10-14(13)15/h5-6,8,10-12,16-17,19-20H,1-4,7,9H2. The van der Waals surface area contributed by atoms with Crippen LogP contribution in [0, 0.1) is 0 Å². The van der Waals surface area contributed by atoms with E-state index in [9.17, 15) is 5.11 Å². The minimum absolute atomic E-state index is 0.161. The number of aromatic nitrogens is 1. The predicted molar refractivity (Wildman–Crippen MR) is 82.9 cm³/mol. The molecule has 0 radical (unpaired) electrons. The maximum Gasteiger partial charge on any atom is 0.0741 e. The molecule has 3 rings (SSSR count). The van der Waals surface area contributed by atoms with Gasteiger partial charge >= 0.3 is 0 Å². The van der Waals surface area contributed by atoms with Gasteiger partial charge in [-0.2, -0.15) is 0 Å². The van der Waals surface area contributed by atoms with Gasteiger partial charge in [0.1, 0.15) is 0 Å². The second-order valence-electron chi connectivity index (χ2n) is 5.71. The number of pyridine rings is 1. The summed E-state index contributed by atoms with van der Waals surface area (Å²) in [6.45, 7) is 0. The van der Waals surface area contributed by atoms with Gasteiger partial charge in [-0.25, -0.2) is 0 Å². The highest BCUT2D eigenvalue weighted by Crippen LogP contribution is 2.26. The molecule has 0 bridgehead atoms. The normalized spacial score (nSPS) is 24.1. The Kier molecular flexibility index (Phi) is 4.16. The van der Waals surface area contributed by atoms with Gasteiger partial charge in [0, 0.05) is 28.9 Å². The van der Waals surface area contributed by atoms with Crippen LogP contribution in [0.5, 0.6) is 0 Å². The lowest BCUT2D eigenvalue weighted by Gasteiger charge is -2.27. The van der Waals surface area contributed by atoms with Crippen molar-refractivity contribution >= 4 is 16.5 Å². The van der Waals surface area contributed by atoms with Gasteiger partial charge < -0.3 is 10.4 Å². The summed E-state index contributed by atoms with van der Waals surface area (Å²) >= 11 is 0. The zero-order chi connectivity index (χ0) is 13.8. The Hall–Kier alpha value is -1.61. The van der Waals surface area contributed by atoms with E-state index in [4.69, 9.17) is 0 Å². The molecule has 1 aromatic carbocycles. The highest BCUT2D eigenvalue weighted by atomic mass is 16.3. The number of fused-ring (bicyclic) bond motifs is 1. The molecule has 3 nitrogen and oxygen atoms in total. The molecule has 1 saturated carbocycles. The van der Waals surface area contributed by atoms with E-state index in [0.717, 1.165) is 30.3 Å². The topological polar surface area (TPSA) is 45.1 Å². The molecule has 0 saturated heterocycles. The van der Waals surface area contributed by atoms with Crippen molar-refractivity contribution < 1.29 is 5.11 Å². The fraction of sp³-hybridized carbons (Fsp3) is 0.471. The molecule has 1 aromatic heterocycles. The SMILES string of the molecule is OC1CCCCCCC1Nc1cccc2cnccc12. The van der Waals surface area contributed by atoms with Gasteiger partial charge in [-0.3, -0.25) is 4.98 Å². The van der Waals surface area contributed by atoms with Crippen molar-refractivity contribution in [3.05, 3.63) is 36.7 Å². The van der Waals surface area contributed by atoms with Gasteiger partial charge in [-0.1, -0.05) is 37.8 Å². The number of benzene rings is 1. The largest absolute Gasteiger partial charge is 0.391 e. The Morgan fingerprint density at radius 3 is 2.80 bits per heavy atom. The Morgan fingerprint density at radius 2 is 1.90 bits per heavy atom. The molecule has 1 fully saturated rings.